The van der Waals surface area contributed by atoms with Crippen LogP contribution in [0.1, 0.15) is 245 Å². The predicted molar refractivity (Wildman–Crippen MR) is 230 cm³/mol. The van der Waals surface area contributed by atoms with Gasteiger partial charge in [0.05, 0.1) is 39.6 Å². The predicted octanol–water partition coefficient (Wildman–Crippen LogP) is 13.5. The molecule has 0 spiro atoms. The number of unbranched alkanes of at least 4 members (excludes halogenated alkanes) is 34. The standard InChI is InChI=1S/C44H90O3.C3H8O3/c1-3-5-7-9-11-13-15-17-19-21-23-25-27-29-31-33-35-37-39-45-41-43-47-44-42-46-40-38-36-34-32-30-28-26-24-22-20-18-16-14-12-10-8-6-4-2;4-1-3(6)2-5/h3-44H2,1-2H3;3-6H,1-2H2. The van der Waals surface area contributed by atoms with E-state index in [1.54, 1.807) is 0 Å². The molecule has 0 aliphatic carbocycles. The highest BCUT2D eigenvalue weighted by molar-refractivity contribution is 4.52. The highest BCUT2D eigenvalue weighted by atomic mass is 16.5. The van der Waals surface area contributed by atoms with E-state index in [0.717, 1.165) is 26.4 Å². The van der Waals surface area contributed by atoms with E-state index in [-0.39, 0.29) is 13.2 Å². The molecule has 0 unspecified atom stereocenters. The van der Waals surface area contributed by atoms with Crippen LogP contribution in [0, 0.1) is 0 Å². The van der Waals surface area contributed by atoms with Gasteiger partial charge in [0.25, 0.3) is 0 Å². The summed E-state index contributed by atoms with van der Waals surface area (Å²) in [4.78, 5) is 0. The summed E-state index contributed by atoms with van der Waals surface area (Å²) >= 11 is 0. The lowest BCUT2D eigenvalue weighted by Gasteiger charge is -2.07. The maximum atomic E-state index is 8.17. The van der Waals surface area contributed by atoms with Crippen molar-refractivity contribution in [2.75, 3.05) is 52.9 Å². The molecule has 53 heavy (non-hydrogen) atoms. The molecule has 6 nitrogen and oxygen atoms in total. The van der Waals surface area contributed by atoms with Crippen LogP contribution in [0.3, 0.4) is 0 Å². The number of ether oxygens (including phenoxy) is 3. The second-order valence-electron chi connectivity index (χ2n) is 15.9. The highest BCUT2D eigenvalue weighted by Crippen LogP contribution is 2.16. The Labute approximate surface area is 332 Å². The summed E-state index contributed by atoms with van der Waals surface area (Å²) in [5.41, 5.74) is 0. The molecule has 0 bridgehead atoms. The van der Waals surface area contributed by atoms with Gasteiger partial charge >= 0.3 is 0 Å². The van der Waals surface area contributed by atoms with Crippen molar-refractivity contribution >= 4 is 0 Å². The Hall–Kier alpha value is -0.240. The van der Waals surface area contributed by atoms with Crippen molar-refractivity contribution in [3.05, 3.63) is 0 Å². The van der Waals surface area contributed by atoms with Crippen LogP contribution in [0.2, 0.25) is 0 Å². The number of hydrogen-bond acceptors (Lipinski definition) is 6. The Bertz CT molecular complexity index is 543. The molecule has 0 aromatic heterocycles. The van der Waals surface area contributed by atoms with E-state index in [1.165, 1.54) is 231 Å². The van der Waals surface area contributed by atoms with Gasteiger partial charge in [-0.05, 0) is 12.8 Å². The molecule has 0 atom stereocenters. The van der Waals surface area contributed by atoms with Crippen LogP contribution >= 0.6 is 0 Å². The smallest absolute Gasteiger partial charge is 0.100 e. The van der Waals surface area contributed by atoms with E-state index in [9.17, 15) is 0 Å². The molecule has 322 valence electrons. The normalized spacial score (nSPS) is 11.4. The molecular formula is C47H98O6. The lowest BCUT2D eigenvalue weighted by Crippen LogP contribution is -2.15. The molecule has 6 heteroatoms. The van der Waals surface area contributed by atoms with E-state index in [1.807, 2.05) is 0 Å². The van der Waals surface area contributed by atoms with E-state index < -0.39 is 6.10 Å². The van der Waals surface area contributed by atoms with Gasteiger partial charge in [0.15, 0.2) is 0 Å². The third-order valence-electron chi connectivity index (χ3n) is 10.4. The van der Waals surface area contributed by atoms with Gasteiger partial charge in [0, 0.05) is 13.2 Å². The SMILES string of the molecule is CCCCCCCCCCCCCCCCCCCCOCCOCCOCCCCCCCCCCCCCCCCCCCC.OCC(O)CO. The lowest BCUT2D eigenvalue weighted by atomic mass is 10.0. The Balaban J connectivity index is 0. The fraction of sp³-hybridized carbons (Fsp3) is 1.00. The molecule has 0 heterocycles. The van der Waals surface area contributed by atoms with Crippen LogP contribution in [-0.2, 0) is 14.2 Å². The molecule has 3 N–H and O–H groups in total. The van der Waals surface area contributed by atoms with Crippen molar-refractivity contribution in [2.45, 2.75) is 251 Å². The van der Waals surface area contributed by atoms with Gasteiger partial charge in [0.2, 0.25) is 0 Å². The summed E-state index contributed by atoms with van der Waals surface area (Å²) < 4.78 is 17.2. The van der Waals surface area contributed by atoms with Crippen LogP contribution in [-0.4, -0.2) is 74.3 Å². The molecule has 0 aliphatic heterocycles. The molecule has 0 radical (unpaired) electrons. The fourth-order valence-electron chi connectivity index (χ4n) is 6.81. The second kappa shape index (κ2) is 53.9. The van der Waals surface area contributed by atoms with Crippen molar-refractivity contribution < 1.29 is 29.5 Å². The third-order valence-corrected chi connectivity index (χ3v) is 10.4. The Morgan fingerprint density at radius 1 is 0.264 bits per heavy atom. The molecular weight excluding hydrogens is 661 g/mol. The summed E-state index contributed by atoms with van der Waals surface area (Å²) in [6.07, 6.45) is 50.2. The van der Waals surface area contributed by atoms with Crippen LogP contribution in [0.25, 0.3) is 0 Å². The second-order valence-corrected chi connectivity index (χ2v) is 15.9. The van der Waals surface area contributed by atoms with Gasteiger partial charge in [-0.1, -0.05) is 232 Å². The van der Waals surface area contributed by atoms with Crippen molar-refractivity contribution in [1.29, 1.82) is 0 Å². The number of hydrogen-bond donors (Lipinski definition) is 3. The summed E-state index contributed by atoms with van der Waals surface area (Å²) in [7, 11) is 0. The quantitative estimate of drug-likeness (QED) is 0.0536. The molecule has 0 aromatic carbocycles. The minimum absolute atomic E-state index is 0.365. The first-order valence-corrected chi connectivity index (χ1v) is 23.9. The van der Waals surface area contributed by atoms with Gasteiger partial charge in [0.1, 0.15) is 6.10 Å². The van der Waals surface area contributed by atoms with Gasteiger partial charge < -0.3 is 29.5 Å². The van der Waals surface area contributed by atoms with Crippen molar-refractivity contribution in [3.63, 3.8) is 0 Å². The zero-order chi connectivity index (χ0) is 38.8. The number of rotatable bonds is 46. The summed E-state index contributed by atoms with van der Waals surface area (Å²) in [6.45, 7) is 8.48. The fourth-order valence-corrected chi connectivity index (χ4v) is 6.81. The maximum absolute atomic E-state index is 8.17. The highest BCUT2D eigenvalue weighted by Gasteiger charge is 1.98. The zero-order valence-electron chi connectivity index (χ0n) is 36.3. The molecule has 0 aromatic rings. The summed E-state index contributed by atoms with van der Waals surface area (Å²) in [6, 6.07) is 0. The molecule has 0 saturated carbocycles. The van der Waals surface area contributed by atoms with E-state index >= 15 is 0 Å². The zero-order valence-corrected chi connectivity index (χ0v) is 36.3. The number of aliphatic hydroxyl groups excluding tert-OH is 3. The van der Waals surface area contributed by atoms with Crippen LogP contribution < -0.4 is 0 Å². The Morgan fingerprint density at radius 2 is 0.434 bits per heavy atom. The van der Waals surface area contributed by atoms with Crippen molar-refractivity contribution in [3.8, 4) is 0 Å². The monoisotopic (exact) mass is 759 g/mol. The van der Waals surface area contributed by atoms with Gasteiger partial charge in [-0.25, -0.2) is 0 Å². The summed E-state index contributed by atoms with van der Waals surface area (Å²) in [5.74, 6) is 0. The minimum atomic E-state index is -0.954. The van der Waals surface area contributed by atoms with Crippen molar-refractivity contribution in [2.24, 2.45) is 0 Å². The average molecular weight is 759 g/mol. The molecule has 0 rings (SSSR count). The van der Waals surface area contributed by atoms with Gasteiger partial charge in [-0.3, -0.25) is 0 Å². The third kappa shape index (κ3) is 56.2. The Kier molecular flexibility index (Phi) is 55.8. The van der Waals surface area contributed by atoms with E-state index in [2.05, 4.69) is 13.8 Å². The van der Waals surface area contributed by atoms with Gasteiger partial charge in [-0.15, -0.1) is 0 Å². The molecule has 0 saturated heterocycles. The largest absolute Gasteiger partial charge is 0.394 e. The molecule has 0 aliphatic rings. The van der Waals surface area contributed by atoms with Crippen molar-refractivity contribution in [1.82, 2.24) is 0 Å². The van der Waals surface area contributed by atoms with Crippen LogP contribution in [0.4, 0.5) is 0 Å². The number of aliphatic hydroxyl groups is 3. The Morgan fingerprint density at radius 3 is 0.604 bits per heavy atom. The molecule has 0 fully saturated rings. The average Bonchev–Trinajstić information content (AvgIpc) is 3.18. The van der Waals surface area contributed by atoms with Crippen LogP contribution in [0.15, 0.2) is 0 Å². The first-order valence-electron chi connectivity index (χ1n) is 23.9. The van der Waals surface area contributed by atoms with Gasteiger partial charge in [-0.2, -0.15) is 0 Å². The topological polar surface area (TPSA) is 88.4 Å². The van der Waals surface area contributed by atoms with E-state index in [0.29, 0.717) is 13.2 Å². The van der Waals surface area contributed by atoms with E-state index in [4.69, 9.17) is 29.5 Å². The lowest BCUT2D eigenvalue weighted by molar-refractivity contribution is 0.0132. The summed E-state index contributed by atoms with van der Waals surface area (Å²) in [5, 5.41) is 24.0. The minimum Gasteiger partial charge on any atom is -0.394 e. The first-order chi connectivity index (χ1) is 26.2. The maximum Gasteiger partial charge on any atom is 0.100 e. The van der Waals surface area contributed by atoms with Crippen LogP contribution in [0.5, 0.6) is 0 Å². The molecule has 0 amide bonds. The first kappa shape index (κ1) is 54.9.